The average molecular weight is 206 g/mol. The van der Waals surface area contributed by atoms with Gasteiger partial charge in [0.15, 0.2) is 5.78 Å². The van der Waals surface area contributed by atoms with Crippen LogP contribution < -0.4 is 0 Å². The van der Waals surface area contributed by atoms with E-state index in [1.165, 1.54) is 0 Å². The van der Waals surface area contributed by atoms with Crippen molar-refractivity contribution < 1.29 is 14.4 Å². The van der Waals surface area contributed by atoms with Crippen molar-refractivity contribution in [2.75, 3.05) is 0 Å². The van der Waals surface area contributed by atoms with Gasteiger partial charge in [0.1, 0.15) is 0 Å². The normalized spacial score (nSPS) is 20.7. The van der Waals surface area contributed by atoms with Gasteiger partial charge in [0.25, 0.3) is 0 Å². The molecule has 1 aromatic carbocycles. The molecule has 1 rings (SSSR count). The highest BCUT2D eigenvalue weighted by molar-refractivity contribution is 9.10. The quantitative estimate of drug-likeness (QED) is 0.645. The van der Waals surface area contributed by atoms with Gasteiger partial charge in [-0.1, -0.05) is 34.1 Å². The first-order valence-electron chi connectivity index (χ1n) is 5.89. The van der Waals surface area contributed by atoms with Crippen LogP contribution in [0.4, 0.5) is 0 Å². The van der Waals surface area contributed by atoms with Gasteiger partial charge in [-0.15, -0.1) is 0 Å². The van der Waals surface area contributed by atoms with E-state index in [0.717, 1.165) is 0 Å². The molecular weight excluding hydrogens is 192 g/mol. The molecule has 0 aliphatic rings. The van der Waals surface area contributed by atoms with E-state index < -0.39 is 42.4 Å². The molecule has 0 N–H and O–H groups in total. The standard InChI is InChI=1S/C8H7BrO/c1-6(10)7-4-2-3-5-8(7)9/h2-5H,1H3/i1D3,2D,3D,4D,5D. The maximum Gasteiger partial charge on any atom is 0.160 e. The van der Waals surface area contributed by atoms with E-state index in [2.05, 4.69) is 15.9 Å². The molecule has 0 aromatic heterocycles. The Morgan fingerprint density at radius 1 is 1.70 bits per heavy atom. The van der Waals surface area contributed by atoms with Crippen molar-refractivity contribution in [1.29, 1.82) is 0 Å². The Hall–Kier alpha value is -0.630. The number of halogens is 1. The van der Waals surface area contributed by atoms with Gasteiger partial charge in [-0.3, -0.25) is 4.79 Å². The Morgan fingerprint density at radius 2 is 2.40 bits per heavy atom. The number of rotatable bonds is 1. The molecule has 0 spiro atoms. The summed E-state index contributed by atoms with van der Waals surface area (Å²) in [6.07, 6.45) is 0. The molecule has 0 saturated heterocycles. The van der Waals surface area contributed by atoms with Crippen LogP contribution in [0.2, 0.25) is 0 Å². The summed E-state index contributed by atoms with van der Waals surface area (Å²) in [4.78, 5) is 11.6. The lowest BCUT2D eigenvalue weighted by molar-refractivity contribution is 0.101. The third-order valence-electron chi connectivity index (χ3n) is 0.869. The molecule has 0 radical (unpaired) electrons. The Labute approximate surface area is 78.0 Å². The van der Waals surface area contributed by atoms with Crippen LogP contribution in [0.1, 0.15) is 26.8 Å². The second-order valence-corrected chi connectivity index (χ2v) is 2.31. The van der Waals surface area contributed by atoms with E-state index in [1.807, 2.05) is 0 Å². The predicted octanol–water partition coefficient (Wildman–Crippen LogP) is 2.65. The zero-order chi connectivity index (χ0) is 13.5. The van der Waals surface area contributed by atoms with E-state index in [0.29, 0.717) is 0 Å². The summed E-state index contributed by atoms with van der Waals surface area (Å²) < 4.78 is 50.3. The summed E-state index contributed by atoms with van der Waals surface area (Å²) in [5.74, 6) is -1.31. The van der Waals surface area contributed by atoms with Crippen molar-refractivity contribution in [3.63, 3.8) is 0 Å². The van der Waals surface area contributed by atoms with Gasteiger partial charge in [0, 0.05) is 14.1 Å². The molecule has 2 heteroatoms. The van der Waals surface area contributed by atoms with Crippen molar-refractivity contribution in [3.05, 3.63) is 34.2 Å². The monoisotopic (exact) mass is 205 g/mol. The molecular formula is C8H7BrO. The van der Waals surface area contributed by atoms with Crippen molar-refractivity contribution in [1.82, 2.24) is 0 Å². The smallest absolute Gasteiger partial charge is 0.160 e. The van der Waals surface area contributed by atoms with E-state index >= 15 is 0 Å². The first-order chi connectivity index (χ1) is 7.59. The number of Topliss-reactive ketones (excluding diaryl/α,β-unsaturated/α-hetero) is 1. The third-order valence-corrected chi connectivity index (χ3v) is 1.46. The first kappa shape index (κ1) is 2.45. The summed E-state index contributed by atoms with van der Waals surface area (Å²) in [7, 11) is 0. The lowest BCUT2D eigenvalue weighted by Gasteiger charge is -1.96. The summed E-state index contributed by atoms with van der Waals surface area (Å²) in [6, 6.07) is -2.28. The lowest BCUT2D eigenvalue weighted by atomic mass is 10.2. The molecule has 0 heterocycles. The number of hydrogen-bond donors (Lipinski definition) is 0. The highest BCUT2D eigenvalue weighted by atomic mass is 79.9. The molecule has 1 nitrogen and oxygen atoms in total. The highest BCUT2D eigenvalue weighted by Crippen LogP contribution is 2.15. The maximum atomic E-state index is 11.6. The molecule has 0 saturated carbocycles. The van der Waals surface area contributed by atoms with E-state index in [4.69, 9.17) is 9.60 Å². The molecule has 52 valence electrons. The van der Waals surface area contributed by atoms with Crippen molar-refractivity contribution in [3.8, 4) is 0 Å². The van der Waals surface area contributed by atoms with Crippen molar-refractivity contribution >= 4 is 21.7 Å². The van der Waals surface area contributed by atoms with Crippen LogP contribution >= 0.6 is 15.9 Å². The molecule has 0 fully saturated rings. The molecule has 0 atom stereocenters. The van der Waals surface area contributed by atoms with Crippen LogP contribution in [0.3, 0.4) is 0 Å². The minimum absolute atomic E-state index is 0.232. The van der Waals surface area contributed by atoms with Gasteiger partial charge in [-0.05, 0) is 12.9 Å². The van der Waals surface area contributed by atoms with Crippen molar-refractivity contribution in [2.45, 2.75) is 6.85 Å². The highest BCUT2D eigenvalue weighted by Gasteiger charge is 2.01. The van der Waals surface area contributed by atoms with Crippen LogP contribution in [-0.2, 0) is 0 Å². The minimum atomic E-state index is -2.94. The molecule has 0 unspecified atom stereocenters. The summed E-state index contributed by atoms with van der Waals surface area (Å²) in [5.41, 5.74) is -0.545. The Kier molecular flexibility index (Phi) is 0.728. The summed E-state index contributed by atoms with van der Waals surface area (Å²) in [6.45, 7) is -2.94. The zero-order valence-corrected chi connectivity index (χ0v) is 6.37. The topological polar surface area (TPSA) is 17.1 Å². The Morgan fingerprint density at radius 3 is 3.10 bits per heavy atom. The third kappa shape index (κ3) is 1.45. The summed E-state index contributed by atoms with van der Waals surface area (Å²) >= 11 is 2.83. The van der Waals surface area contributed by atoms with Gasteiger partial charge >= 0.3 is 0 Å². The molecule has 1 aromatic rings. The van der Waals surface area contributed by atoms with E-state index in [-0.39, 0.29) is 4.47 Å². The minimum Gasteiger partial charge on any atom is -0.294 e. The first-order valence-corrected chi connectivity index (χ1v) is 3.19. The van der Waals surface area contributed by atoms with E-state index in [1.54, 1.807) is 0 Å². The van der Waals surface area contributed by atoms with Gasteiger partial charge in [-0.2, -0.15) is 0 Å². The largest absolute Gasteiger partial charge is 0.294 e. The van der Waals surface area contributed by atoms with E-state index in [9.17, 15) is 4.79 Å². The van der Waals surface area contributed by atoms with Crippen LogP contribution in [0.5, 0.6) is 0 Å². The van der Waals surface area contributed by atoms with Crippen LogP contribution in [0, 0.1) is 0 Å². The van der Waals surface area contributed by atoms with Gasteiger partial charge in [-0.25, -0.2) is 0 Å². The fourth-order valence-electron chi connectivity index (χ4n) is 0.454. The van der Waals surface area contributed by atoms with Gasteiger partial charge < -0.3 is 0 Å². The molecule has 0 aliphatic carbocycles. The molecule has 10 heavy (non-hydrogen) atoms. The number of carbonyl (C=O) groups excluding carboxylic acids is 1. The number of hydrogen-bond acceptors (Lipinski definition) is 1. The SMILES string of the molecule is [2H]c1c([2H])c([2H])c(C(=O)C([2H])([2H])[2H])c(Br)c1[2H]. The maximum absolute atomic E-state index is 11.6. The fourth-order valence-corrected chi connectivity index (χ4v) is 0.832. The Bertz CT molecular complexity index is 465. The van der Waals surface area contributed by atoms with Crippen LogP contribution in [-0.4, -0.2) is 5.78 Å². The van der Waals surface area contributed by atoms with Crippen molar-refractivity contribution in [2.24, 2.45) is 0 Å². The molecule has 0 aliphatic heterocycles. The fraction of sp³-hybridized carbons (Fsp3) is 0.125. The van der Waals surface area contributed by atoms with Crippen LogP contribution in [0.25, 0.3) is 0 Å². The molecule has 0 bridgehead atoms. The number of carbonyl (C=O) groups is 1. The van der Waals surface area contributed by atoms with Crippen LogP contribution in [0.15, 0.2) is 28.6 Å². The summed E-state index contributed by atoms with van der Waals surface area (Å²) in [5, 5.41) is 0. The predicted molar refractivity (Wildman–Crippen MR) is 44.1 cm³/mol. The second-order valence-electron chi connectivity index (χ2n) is 1.52. The van der Waals surface area contributed by atoms with Gasteiger partial charge in [0.05, 0.1) is 5.48 Å². The Balaban J connectivity index is 3.62. The zero-order valence-electron chi connectivity index (χ0n) is 11.8. The van der Waals surface area contributed by atoms with Gasteiger partial charge in [0.2, 0.25) is 0 Å². The number of benzene rings is 1. The average Bonchev–Trinajstić information content (AvgIpc) is 2.22. The molecule has 0 amide bonds. The number of ketones is 1. The lowest BCUT2D eigenvalue weighted by Crippen LogP contribution is -1.91. The second kappa shape index (κ2) is 2.97.